The second-order valence-electron chi connectivity index (χ2n) is 1.24. The monoisotopic (exact) mass is 117 g/mol. The van der Waals surface area contributed by atoms with Crippen molar-refractivity contribution in [3.05, 3.63) is 11.1 Å². The summed E-state index contributed by atoms with van der Waals surface area (Å²) in [5.41, 5.74) is 0. The highest BCUT2D eigenvalue weighted by molar-refractivity contribution is 6.39. The molecule has 0 amide bonds. The molecule has 2 nitrogen and oxygen atoms in total. The van der Waals surface area contributed by atoms with Gasteiger partial charge in [-0.15, -0.1) is 0 Å². The summed E-state index contributed by atoms with van der Waals surface area (Å²) in [5, 5.41) is 9.05. The predicted octanol–water partition coefficient (Wildman–Crippen LogP) is 0.512. The molecular weight excluding hydrogens is 114 g/mol. The van der Waals surface area contributed by atoms with Crippen LogP contribution in [0.15, 0.2) is 16.1 Å². The maximum Gasteiger partial charge on any atom is 0.166 e. The van der Waals surface area contributed by atoms with Crippen molar-refractivity contribution in [3.8, 4) is 0 Å². The Labute approximate surface area is 46.1 Å². The fourth-order valence-corrected chi connectivity index (χ4v) is 0.545. The maximum atomic E-state index is 8.54. The number of nitrogens with zero attached hydrogens (tertiary/aromatic N) is 1. The number of aliphatic hydroxyl groups is 1. The molecule has 0 bridgehead atoms. The molecule has 7 heavy (non-hydrogen) atoms. The van der Waals surface area contributed by atoms with Crippen LogP contribution < -0.4 is 0 Å². The third-order valence-corrected chi connectivity index (χ3v) is 0.882. The zero-order chi connectivity index (χ0) is 5.28. The first-order valence-corrected chi connectivity index (χ1v) is 2.25. The van der Waals surface area contributed by atoms with Crippen LogP contribution >= 0.6 is 11.6 Å². The molecule has 0 fully saturated rings. The number of hydrogen-bond donors (Lipinski definition) is 1. The van der Waals surface area contributed by atoms with Crippen LogP contribution in [-0.4, -0.2) is 17.5 Å². The van der Waals surface area contributed by atoms with Crippen LogP contribution in [0.5, 0.6) is 0 Å². The normalized spacial score (nSPS) is 28.3. The molecule has 1 heterocycles. The predicted molar refractivity (Wildman–Crippen MR) is 28.4 cm³/mol. The summed E-state index contributed by atoms with van der Waals surface area (Å²) in [6.07, 6.45) is 2.18. The Morgan fingerprint density at radius 1 is 1.86 bits per heavy atom. The van der Waals surface area contributed by atoms with Crippen LogP contribution in [0.25, 0.3) is 0 Å². The van der Waals surface area contributed by atoms with Gasteiger partial charge in [0.1, 0.15) is 0 Å². The number of halogens is 1. The van der Waals surface area contributed by atoms with Crippen LogP contribution in [0.1, 0.15) is 0 Å². The Bertz CT molecular complexity index is 130. The number of hydrogen-bond acceptors (Lipinski definition) is 2. The van der Waals surface area contributed by atoms with E-state index in [0.29, 0.717) is 5.03 Å². The quantitative estimate of drug-likeness (QED) is 0.493. The SMILES string of the molecule is OC1C=C(Cl)C=N1. The summed E-state index contributed by atoms with van der Waals surface area (Å²) in [5.74, 6) is 0. The molecule has 1 aliphatic rings. The average Bonchev–Trinajstić information content (AvgIpc) is 1.87. The van der Waals surface area contributed by atoms with Gasteiger partial charge in [-0.25, -0.2) is 0 Å². The lowest BCUT2D eigenvalue weighted by atomic mass is 10.5. The van der Waals surface area contributed by atoms with Crippen LogP contribution in [0.2, 0.25) is 0 Å². The molecule has 0 spiro atoms. The molecule has 1 rings (SSSR count). The highest BCUT2D eigenvalue weighted by Crippen LogP contribution is 2.06. The van der Waals surface area contributed by atoms with Gasteiger partial charge in [-0.1, -0.05) is 11.6 Å². The molecule has 0 saturated heterocycles. The molecule has 0 aromatic carbocycles. The van der Waals surface area contributed by atoms with Gasteiger partial charge in [0, 0.05) is 6.21 Å². The highest BCUT2D eigenvalue weighted by atomic mass is 35.5. The highest BCUT2D eigenvalue weighted by Gasteiger charge is 2.01. The van der Waals surface area contributed by atoms with Crippen molar-refractivity contribution in [2.75, 3.05) is 0 Å². The van der Waals surface area contributed by atoms with Crippen LogP contribution in [-0.2, 0) is 0 Å². The van der Waals surface area contributed by atoms with Crippen LogP contribution in [0.4, 0.5) is 0 Å². The Morgan fingerprint density at radius 2 is 2.57 bits per heavy atom. The third kappa shape index (κ3) is 1.01. The smallest absolute Gasteiger partial charge is 0.166 e. The average molecular weight is 118 g/mol. The lowest BCUT2D eigenvalue weighted by molar-refractivity contribution is 0.237. The molecule has 0 radical (unpaired) electrons. The number of rotatable bonds is 0. The zero-order valence-electron chi connectivity index (χ0n) is 3.50. The summed E-state index contributed by atoms with van der Waals surface area (Å²) in [4.78, 5) is 3.52. The van der Waals surface area contributed by atoms with Crippen molar-refractivity contribution in [3.63, 3.8) is 0 Å². The fourth-order valence-electron chi connectivity index (χ4n) is 0.376. The molecule has 38 valence electrons. The molecule has 1 aliphatic heterocycles. The lowest BCUT2D eigenvalue weighted by Gasteiger charge is -1.84. The van der Waals surface area contributed by atoms with Crippen molar-refractivity contribution >= 4 is 17.8 Å². The van der Waals surface area contributed by atoms with E-state index in [1.807, 2.05) is 0 Å². The van der Waals surface area contributed by atoms with Crippen molar-refractivity contribution in [1.82, 2.24) is 0 Å². The first kappa shape index (κ1) is 4.81. The second-order valence-corrected chi connectivity index (χ2v) is 1.68. The molecule has 0 aliphatic carbocycles. The van der Waals surface area contributed by atoms with Gasteiger partial charge in [0.05, 0.1) is 5.03 Å². The van der Waals surface area contributed by atoms with Gasteiger partial charge in [0.2, 0.25) is 0 Å². The van der Waals surface area contributed by atoms with Crippen molar-refractivity contribution in [2.45, 2.75) is 6.23 Å². The summed E-state index contributed by atoms with van der Waals surface area (Å²) < 4.78 is 0. The molecular formula is C4H4ClNO. The zero-order valence-corrected chi connectivity index (χ0v) is 4.26. The first-order valence-electron chi connectivity index (χ1n) is 1.87. The molecule has 0 saturated carbocycles. The van der Waals surface area contributed by atoms with Gasteiger partial charge < -0.3 is 5.11 Å². The molecule has 3 heteroatoms. The number of aliphatic hydroxyl groups excluding tert-OH is 1. The Kier molecular flexibility index (Phi) is 1.13. The maximum absolute atomic E-state index is 8.54. The van der Waals surface area contributed by atoms with Gasteiger partial charge in [-0.3, -0.25) is 4.99 Å². The van der Waals surface area contributed by atoms with Crippen molar-refractivity contribution < 1.29 is 5.11 Å². The van der Waals surface area contributed by atoms with E-state index in [4.69, 9.17) is 16.7 Å². The topological polar surface area (TPSA) is 32.6 Å². The van der Waals surface area contributed by atoms with Gasteiger partial charge in [0.25, 0.3) is 0 Å². The lowest BCUT2D eigenvalue weighted by Crippen LogP contribution is -1.89. The fraction of sp³-hybridized carbons (Fsp3) is 0.250. The van der Waals surface area contributed by atoms with Crippen LogP contribution in [0.3, 0.4) is 0 Å². The number of aliphatic imine (C=N–C) groups is 1. The van der Waals surface area contributed by atoms with E-state index in [1.54, 1.807) is 0 Å². The van der Waals surface area contributed by atoms with Gasteiger partial charge in [-0.05, 0) is 6.08 Å². The summed E-state index contributed by atoms with van der Waals surface area (Å²) in [6, 6.07) is 0. The first-order chi connectivity index (χ1) is 3.29. The summed E-state index contributed by atoms with van der Waals surface area (Å²) in [7, 11) is 0. The minimum absolute atomic E-state index is 0.507. The number of allylic oxidation sites excluding steroid dienone is 1. The molecule has 1 unspecified atom stereocenters. The molecule has 1 atom stereocenters. The Morgan fingerprint density at radius 3 is 2.71 bits per heavy atom. The molecule has 0 aromatic rings. The largest absolute Gasteiger partial charge is 0.368 e. The summed E-state index contributed by atoms with van der Waals surface area (Å²) >= 11 is 5.36. The standard InChI is InChI=1S/C4H4ClNO/c5-3-1-4(7)6-2-3/h1-2,4,7H. The molecule has 1 N–H and O–H groups in total. The van der Waals surface area contributed by atoms with E-state index in [-0.39, 0.29) is 0 Å². The van der Waals surface area contributed by atoms with Gasteiger partial charge >= 0.3 is 0 Å². The van der Waals surface area contributed by atoms with Crippen molar-refractivity contribution in [1.29, 1.82) is 0 Å². The molecule has 0 aromatic heterocycles. The Balaban J connectivity index is 2.69. The van der Waals surface area contributed by atoms with E-state index in [0.717, 1.165) is 0 Å². The van der Waals surface area contributed by atoms with E-state index in [2.05, 4.69) is 4.99 Å². The van der Waals surface area contributed by atoms with E-state index < -0.39 is 6.23 Å². The second kappa shape index (κ2) is 1.64. The minimum atomic E-state index is -0.701. The minimum Gasteiger partial charge on any atom is -0.368 e. The van der Waals surface area contributed by atoms with Crippen molar-refractivity contribution in [2.24, 2.45) is 4.99 Å². The summed E-state index contributed by atoms with van der Waals surface area (Å²) in [6.45, 7) is 0. The Hall–Kier alpha value is -0.340. The van der Waals surface area contributed by atoms with E-state index in [1.165, 1.54) is 12.3 Å². The van der Waals surface area contributed by atoms with Crippen LogP contribution in [0, 0.1) is 0 Å². The van der Waals surface area contributed by atoms with E-state index >= 15 is 0 Å². The van der Waals surface area contributed by atoms with Gasteiger partial charge in [-0.2, -0.15) is 0 Å². The third-order valence-electron chi connectivity index (χ3n) is 0.659. The van der Waals surface area contributed by atoms with Gasteiger partial charge in [0.15, 0.2) is 6.23 Å². The van der Waals surface area contributed by atoms with E-state index in [9.17, 15) is 0 Å².